The number of fused-ring (bicyclic) bond motifs is 1. The van der Waals surface area contributed by atoms with Gasteiger partial charge >= 0.3 is 5.97 Å². The monoisotopic (exact) mass is 368 g/mol. The number of carbonyl (C=O) groups excluding carboxylic acids is 1. The summed E-state index contributed by atoms with van der Waals surface area (Å²) in [4.78, 5) is 20.1. The Morgan fingerprint density at radius 2 is 1.67 bits per heavy atom. The molecule has 0 aliphatic heterocycles. The van der Waals surface area contributed by atoms with Gasteiger partial charge in [-0.25, -0.2) is 9.78 Å². The Morgan fingerprint density at radius 3 is 2.22 bits per heavy atom. The largest absolute Gasteiger partial charge is 0.496 e. The first-order valence-corrected chi connectivity index (χ1v) is 8.16. The molecule has 0 unspecified atom stereocenters. The third-order valence-electron chi connectivity index (χ3n) is 4.09. The van der Waals surface area contributed by atoms with Gasteiger partial charge in [0.1, 0.15) is 28.6 Å². The number of hydrogen-bond acceptors (Lipinski definition) is 6. The Labute approximate surface area is 156 Å². The van der Waals surface area contributed by atoms with Crippen molar-refractivity contribution in [3.8, 4) is 17.2 Å². The van der Waals surface area contributed by atoms with Crippen LogP contribution >= 0.6 is 0 Å². The number of H-pyrrole nitrogens is 1. The maximum absolute atomic E-state index is 12.5. The zero-order valence-corrected chi connectivity index (χ0v) is 15.5. The zero-order valence-electron chi connectivity index (χ0n) is 15.5. The zero-order chi connectivity index (χ0) is 19.4. The van der Waals surface area contributed by atoms with Crippen molar-refractivity contribution in [1.82, 2.24) is 9.97 Å². The second-order valence-electron chi connectivity index (χ2n) is 5.60. The van der Waals surface area contributed by atoms with E-state index in [1.165, 1.54) is 21.3 Å². The van der Waals surface area contributed by atoms with Crippen LogP contribution in [0.4, 0.5) is 0 Å². The molecule has 0 spiro atoms. The molecule has 140 valence electrons. The summed E-state index contributed by atoms with van der Waals surface area (Å²) in [5.74, 6) is 1.41. The molecule has 1 N–H and O–H groups in total. The SMILES string of the molecule is COC(=O)/C(=C\c1c(OC)cc(OC)cc1OC)c1nc2ccccc2[nH]1. The Morgan fingerprint density at radius 1 is 1.00 bits per heavy atom. The normalized spacial score (nSPS) is 11.3. The Bertz CT molecular complexity index is 949. The summed E-state index contributed by atoms with van der Waals surface area (Å²) in [6.07, 6.45) is 1.63. The minimum atomic E-state index is -0.533. The van der Waals surface area contributed by atoms with Gasteiger partial charge in [0.2, 0.25) is 0 Å². The number of aromatic nitrogens is 2. The van der Waals surface area contributed by atoms with Gasteiger partial charge in [0.05, 0.1) is 45.0 Å². The standard InChI is InChI=1S/C20H20N2O5/c1-24-12-9-17(25-2)13(18(10-12)26-3)11-14(20(23)27-4)19-21-15-7-5-6-8-16(15)22-19/h5-11H,1-4H3,(H,21,22)/b14-11-. The first kappa shape index (κ1) is 18.3. The van der Waals surface area contributed by atoms with Crippen LogP contribution in [0.1, 0.15) is 11.4 Å². The smallest absolute Gasteiger partial charge is 0.341 e. The van der Waals surface area contributed by atoms with E-state index >= 15 is 0 Å². The van der Waals surface area contributed by atoms with Crippen LogP contribution in [0.5, 0.6) is 17.2 Å². The number of rotatable bonds is 6. The molecule has 0 saturated heterocycles. The molecule has 0 fully saturated rings. The van der Waals surface area contributed by atoms with Crippen molar-refractivity contribution in [1.29, 1.82) is 0 Å². The highest BCUT2D eigenvalue weighted by molar-refractivity contribution is 6.21. The average Bonchev–Trinajstić information content (AvgIpc) is 3.14. The molecule has 2 aromatic carbocycles. The summed E-state index contributed by atoms with van der Waals surface area (Å²) in [5, 5.41) is 0. The highest BCUT2D eigenvalue weighted by Crippen LogP contribution is 2.37. The van der Waals surface area contributed by atoms with Gasteiger partial charge in [-0.3, -0.25) is 0 Å². The highest BCUT2D eigenvalue weighted by atomic mass is 16.5. The van der Waals surface area contributed by atoms with Gasteiger partial charge in [-0.1, -0.05) is 12.1 Å². The molecule has 3 aromatic rings. The lowest BCUT2D eigenvalue weighted by atomic mass is 10.1. The fraction of sp³-hybridized carbons (Fsp3) is 0.200. The van der Waals surface area contributed by atoms with Gasteiger partial charge in [-0.05, 0) is 18.2 Å². The van der Waals surface area contributed by atoms with E-state index in [2.05, 4.69) is 9.97 Å². The van der Waals surface area contributed by atoms with Gasteiger partial charge < -0.3 is 23.9 Å². The molecule has 0 amide bonds. The maximum atomic E-state index is 12.5. The Hall–Kier alpha value is -3.48. The Kier molecular flexibility index (Phi) is 5.30. The quantitative estimate of drug-likeness (QED) is 0.531. The molecule has 0 bridgehead atoms. The number of nitrogens with one attached hydrogen (secondary N) is 1. The van der Waals surface area contributed by atoms with Crippen LogP contribution in [-0.4, -0.2) is 44.4 Å². The fourth-order valence-electron chi connectivity index (χ4n) is 2.73. The summed E-state index contributed by atoms with van der Waals surface area (Å²) < 4.78 is 21.1. The number of benzene rings is 2. The van der Waals surface area contributed by atoms with Gasteiger partial charge in [0.15, 0.2) is 0 Å². The van der Waals surface area contributed by atoms with Crippen LogP contribution in [0, 0.1) is 0 Å². The van der Waals surface area contributed by atoms with Crippen molar-refractivity contribution in [3.05, 3.63) is 47.8 Å². The molecule has 0 atom stereocenters. The Balaban J connectivity index is 2.21. The van der Waals surface area contributed by atoms with E-state index in [1.54, 1.807) is 25.3 Å². The van der Waals surface area contributed by atoms with E-state index in [4.69, 9.17) is 18.9 Å². The fourth-order valence-corrected chi connectivity index (χ4v) is 2.73. The molecule has 0 saturated carbocycles. The molecular formula is C20H20N2O5. The molecule has 3 rings (SSSR count). The van der Waals surface area contributed by atoms with Crippen LogP contribution in [0.15, 0.2) is 36.4 Å². The molecule has 7 heteroatoms. The summed E-state index contributed by atoms with van der Waals surface area (Å²) in [7, 11) is 5.94. The van der Waals surface area contributed by atoms with Gasteiger partial charge in [0, 0.05) is 12.1 Å². The predicted octanol–water partition coefficient (Wildman–Crippen LogP) is 3.30. The van der Waals surface area contributed by atoms with Crippen molar-refractivity contribution in [2.75, 3.05) is 28.4 Å². The van der Waals surface area contributed by atoms with Crippen LogP contribution in [-0.2, 0) is 9.53 Å². The first-order valence-electron chi connectivity index (χ1n) is 8.16. The lowest BCUT2D eigenvalue weighted by Gasteiger charge is -2.13. The molecule has 27 heavy (non-hydrogen) atoms. The van der Waals surface area contributed by atoms with E-state index in [-0.39, 0.29) is 5.57 Å². The molecular weight excluding hydrogens is 348 g/mol. The number of aromatic amines is 1. The van der Waals surface area contributed by atoms with Crippen molar-refractivity contribution in [2.45, 2.75) is 0 Å². The lowest BCUT2D eigenvalue weighted by molar-refractivity contribution is -0.133. The third kappa shape index (κ3) is 3.57. The van der Waals surface area contributed by atoms with Crippen molar-refractivity contribution in [3.63, 3.8) is 0 Å². The molecule has 1 heterocycles. The summed E-state index contributed by atoms with van der Waals surface area (Å²) in [6.45, 7) is 0. The van der Waals surface area contributed by atoms with E-state index in [0.717, 1.165) is 11.0 Å². The van der Waals surface area contributed by atoms with Crippen LogP contribution in [0.25, 0.3) is 22.7 Å². The second kappa shape index (κ2) is 7.82. The third-order valence-corrected chi connectivity index (χ3v) is 4.09. The number of para-hydroxylation sites is 2. The predicted molar refractivity (Wildman–Crippen MR) is 102 cm³/mol. The summed E-state index contributed by atoms with van der Waals surface area (Å²) >= 11 is 0. The van der Waals surface area contributed by atoms with Gasteiger partial charge in [-0.15, -0.1) is 0 Å². The molecule has 1 aromatic heterocycles. The highest BCUT2D eigenvalue weighted by Gasteiger charge is 2.20. The number of hydrogen-bond donors (Lipinski definition) is 1. The van der Waals surface area contributed by atoms with E-state index < -0.39 is 5.97 Å². The summed E-state index contributed by atoms with van der Waals surface area (Å²) in [6, 6.07) is 10.9. The van der Waals surface area contributed by atoms with Crippen molar-refractivity contribution >= 4 is 28.7 Å². The number of imidazole rings is 1. The van der Waals surface area contributed by atoms with Crippen LogP contribution < -0.4 is 14.2 Å². The van der Waals surface area contributed by atoms with Crippen LogP contribution in [0.2, 0.25) is 0 Å². The number of methoxy groups -OCH3 is 4. The van der Waals surface area contributed by atoms with E-state index in [9.17, 15) is 4.79 Å². The summed E-state index contributed by atoms with van der Waals surface area (Å²) in [5.41, 5.74) is 2.38. The lowest BCUT2D eigenvalue weighted by Crippen LogP contribution is -2.06. The number of esters is 1. The second-order valence-corrected chi connectivity index (χ2v) is 5.60. The molecule has 7 nitrogen and oxygen atoms in total. The number of ether oxygens (including phenoxy) is 4. The number of carbonyl (C=O) groups is 1. The average molecular weight is 368 g/mol. The topological polar surface area (TPSA) is 82.7 Å². The van der Waals surface area contributed by atoms with Crippen LogP contribution in [0.3, 0.4) is 0 Å². The van der Waals surface area contributed by atoms with Crippen molar-refractivity contribution < 1.29 is 23.7 Å². The molecule has 0 radical (unpaired) electrons. The van der Waals surface area contributed by atoms with Gasteiger partial charge in [0.25, 0.3) is 0 Å². The van der Waals surface area contributed by atoms with E-state index in [0.29, 0.717) is 28.6 Å². The molecule has 0 aliphatic carbocycles. The first-order chi connectivity index (χ1) is 13.1. The minimum absolute atomic E-state index is 0.246. The van der Waals surface area contributed by atoms with E-state index in [1.807, 2.05) is 24.3 Å². The van der Waals surface area contributed by atoms with Gasteiger partial charge in [-0.2, -0.15) is 0 Å². The number of nitrogens with zero attached hydrogens (tertiary/aromatic N) is 1. The van der Waals surface area contributed by atoms with Crippen molar-refractivity contribution in [2.24, 2.45) is 0 Å². The molecule has 0 aliphatic rings. The minimum Gasteiger partial charge on any atom is -0.496 e. The maximum Gasteiger partial charge on any atom is 0.341 e.